The van der Waals surface area contributed by atoms with Crippen molar-refractivity contribution in [3.05, 3.63) is 72.8 Å². The SMILES string of the molecule is C[N+](C)(C)C1CCN(c2cc(N)ccc2N)C1.C[N+]1(C)CCN(c2cc(N)ccc2N)CC1.C[N+]1(CCO)CCN(c2cc(N)ccc2N)CC1.Nc1ccc(N)c(N2CC[N+](CCO)(CCO)CC2)c1. The monoisotopic (exact) mass is 989 g/mol. The second kappa shape index (κ2) is 24.6. The number of anilines is 12. The number of hydrogen-bond acceptors (Lipinski definition) is 15. The molecule has 4 aromatic carbocycles. The molecule has 4 aliphatic heterocycles. The maximum atomic E-state index is 9.23. The van der Waals surface area contributed by atoms with Crippen molar-refractivity contribution >= 4 is 68.2 Å². The van der Waals surface area contributed by atoms with Gasteiger partial charge < -0.3 is 98.7 Å². The lowest BCUT2D eigenvalue weighted by molar-refractivity contribution is -0.929. The number of hydrogen-bond donors (Lipinski definition) is 11. The number of nitrogens with zero attached hydrogens (tertiary/aromatic N) is 8. The Bertz CT molecular complexity index is 2270. The molecule has 4 aromatic rings. The molecular weight excluding hydrogens is 897 g/mol. The van der Waals surface area contributed by atoms with Crippen molar-refractivity contribution in [2.75, 3.05) is 239 Å². The van der Waals surface area contributed by atoms with Crippen molar-refractivity contribution in [3.8, 4) is 0 Å². The summed E-state index contributed by atoms with van der Waals surface area (Å²) in [5.74, 6) is 0. The number of rotatable bonds is 11. The zero-order chi connectivity index (χ0) is 52.1. The maximum absolute atomic E-state index is 9.23. The number of quaternary nitrogens is 4. The summed E-state index contributed by atoms with van der Waals surface area (Å²) in [6, 6.07) is 23.3. The Labute approximate surface area is 424 Å². The highest BCUT2D eigenvalue weighted by Gasteiger charge is 2.34. The molecule has 19 N–H and O–H groups in total. The average molecular weight is 989 g/mol. The number of nitrogen functional groups attached to an aromatic ring is 8. The molecule has 19 nitrogen and oxygen atoms in total. The van der Waals surface area contributed by atoms with Gasteiger partial charge in [-0.3, -0.25) is 0 Å². The van der Waals surface area contributed by atoms with Crippen molar-refractivity contribution in [3.63, 3.8) is 0 Å². The Hall–Kier alpha value is -5.80. The molecule has 0 radical (unpaired) electrons. The van der Waals surface area contributed by atoms with E-state index < -0.39 is 0 Å². The van der Waals surface area contributed by atoms with E-state index in [2.05, 4.69) is 61.9 Å². The molecule has 0 aliphatic carbocycles. The Morgan fingerprint density at radius 2 is 0.775 bits per heavy atom. The predicted octanol–water partition coefficient (Wildman–Crippen LogP) is 1.47. The Balaban J connectivity index is 0.000000177. The smallest absolute Gasteiger partial charge is 0.108 e. The third-order valence-electron chi connectivity index (χ3n) is 15.1. The molecule has 8 rings (SSSR count). The summed E-state index contributed by atoms with van der Waals surface area (Å²) < 4.78 is 3.78. The third kappa shape index (κ3) is 15.8. The fourth-order valence-corrected chi connectivity index (χ4v) is 9.95. The lowest BCUT2D eigenvalue weighted by Gasteiger charge is -2.45. The fourth-order valence-electron chi connectivity index (χ4n) is 9.95. The Morgan fingerprint density at radius 3 is 1.10 bits per heavy atom. The van der Waals surface area contributed by atoms with Gasteiger partial charge in [0.2, 0.25) is 0 Å². The van der Waals surface area contributed by atoms with Crippen LogP contribution in [0.5, 0.6) is 0 Å². The first-order valence-electron chi connectivity index (χ1n) is 25.2. The van der Waals surface area contributed by atoms with Crippen molar-refractivity contribution < 1.29 is 33.3 Å². The highest BCUT2D eigenvalue weighted by molar-refractivity contribution is 5.75. The average Bonchev–Trinajstić information content (AvgIpc) is 3.83. The molecule has 0 bridgehead atoms. The second-order valence-electron chi connectivity index (χ2n) is 21.8. The molecule has 4 fully saturated rings. The molecule has 4 saturated heterocycles. The number of likely N-dealkylation sites (N-methyl/N-ethyl adjacent to an activating group) is 3. The molecule has 0 amide bonds. The van der Waals surface area contributed by atoms with Gasteiger partial charge in [0, 0.05) is 35.7 Å². The van der Waals surface area contributed by atoms with Crippen LogP contribution in [-0.4, -0.2) is 213 Å². The normalized spacial score (nSPS) is 19.4. The van der Waals surface area contributed by atoms with Crippen LogP contribution in [0.4, 0.5) is 68.2 Å². The number of piperazine rings is 3. The first-order chi connectivity index (χ1) is 33.5. The highest BCUT2D eigenvalue weighted by atomic mass is 16.3. The summed E-state index contributed by atoms with van der Waals surface area (Å²) in [6.45, 7) is 16.7. The van der Waals surface area contributed by atoms with Crippen molar-refractivity contribution in [2.24, 2.45) is 0 Å². The zero-order valence-corrected chi connectivity index (χ0v) is 43.9. The minimum Gasteiger partial charge on any atom is -0.399 e. The van der Waals surface area contributed by atoms with Crippen LogP contribution < -0.4 is 65.5 Å². The maximum Gasteiger partial charge on any atom is 0.108 e. The van der Waals surface area contributed by atoms with Gasteiger partial charge in [0.25, 0.3) is 0 Å². The van der Waals surface area contributed by atoms with Crippen LogP contribution in [0.2, 0.25) is 0 Å². The van der Waals surface area contributed by atoms with Gasteiger partial charge in [0.05, 0.1) is 193 Å². The summed E-state index contributed by atoms with van der Waals surface area (Å²) in [4.78, 5) is 9.19. The second-order valence-corrected chi connectivity index (χ2v) is 21.8. The van der Waals surface area contributed by atoms with E-state index in [1.807, 2.05) is 66.7 Å². The van der Waals surface area contributed by atoms with E-state index >= 15 is 0 Å². The Kier molecular flexibility index (Phi) is 19.4. The third-order valence-corrected chi connectivity index (χ3v) is 15.1. The first kappa shape index (κ1) is 56.1. The van der Waals surface area contributed by atoms with E-state index in [1.165, 1.54) is 6.42 Å². The molecule has 1 unspecified atom stereocenters. The van der Waals surface area contributed by atoms with Gasteiger partial charge >= 0.3 is 0 Å². The summed E-state index contributed by atoms with van der Waals surface area (Å²) in [5, 5.41) is 27.5. The minimum absolute atomic E-state index is 0.153. The Morgan fingerprint density at radius 1 is 0.451 bits per heavy atom. The molecule has 71 heavy (non-hydrogen) atoms. The fraction of sp³-hybridized carbons (Fsp3) is 0.538. The standard InChI is InChI=1S/C14H25N4O2.C13H23N4O.C13H23N4.C12H21N4/c15-12-1-2-13(16)14(11-12)17-3-5-18(6-4-17,7-9-19)8-10-20;1-17(8-9-18)6-4-16(5-7-17)13-10-11(14)2-3-12(13)15;1-17(2,3)11-6-7-16(9-11)13-8-10(14)4-5-12(13)15;1-16(2)7-5-15(6-8-16)12-9-10(13)3-4-11(12)14/h1-2,11,19-20H,3-10,15-16H2;2-3,10,18H,4-9,14-15H2,1H3;4-5,8,11H,6-7,9,14-15H2,1-3H3;3-4,9H,5-8,13-14H2,1-2H3/q4*+1. The lowest BCUT2D eigenvalue weighted by Crippen LogP contribution is -2.61. The van der Waals surface area contributed by atoms with E-state index in [0.29, 0.717) is 24.8 Å². The largest absolute Gasteiger partial charge is 0.399 e. The highest BCUT2D eigenvalue weighted by Crippen LogP contribution is 2.32. The summed E-state index contributed by atoms with van der Waals surface area (Å²) in [6.07, 6.45) is 1.21. The van der Waals surface area contributed by atoms with E-state index in [9.17, 15) is 10.2 Å². The lowest BCUT2D eigenvalue weighted by atomic mass is 10.1. The van der Waals surface area contributed by atoms with Crippen LogP contribution in [0.25, 0.3) is 0 Å². The van der Waals surface area contributed by atoms with Crippen LogP contribution >= 0.6 is 0 Å². The summed E-state index contributed by atoms with van der Waals surface area (Å²) >= 11 is 0. The number of nitrogens with two attached hydrogens (primary N) is 8. The van der Waals surface area contributed by atoms with Gasteiger partial charge in [0.1, 0.15) is 25.7 Å². The molecule has 0 saturated carbocycles. The van der Waals surface area contributed by atoms with E-state index in [0.717, 1.165) is 179 Å². The van der Waals surface area contributed by atoms with E-state index in [4.69, 9.17) is 51.0 Å². The molecule has 394 valence electrons. The molecule has 4 aliphatic rings. The first-order valence-corrected chi connectivity index (χ1v) is 25.2. The van der Waals surface area contributed by atoms with Gasteiger partial charge in [-0.1, -0.05) is 0 Å². The van der Waals surface area contributed by atoms with Crippen LogP contribution in [-0.2, 0) is 0 Å². The quantitative estimate of drug-likeness (QED) is 0.0750. The molecule has 4 heterocycles. The zero-order valence-electron chi connectivity index (χ0n) is 43.9. The molecule has 1 atom stereocenters. The number of aliphatic hydroxyl groups excluding tert-OH is 3. The van der Waals surface area contributed by atoms with Crippen LogP contribution in [0.1, 0.15) is 6.42 Å². The minimum atomic E-state index is 0.153. The predicted molar refractivity (Wildman–Crippen MR) is 300 cm³/mol. The van der Waals surface area contributed by atoms with E-state index in [-0.39, 0.29) is 19.8 Å². The van der Waals surface area contributed by atoms with Crippen LogP contribution in [0, 0.1) is 0 Å². The van der Waals surface area contributed by atoms with Gasteiger partial charge in [-0.05, 0) is 72.8 Å². The molecule has 19 heteroatoms. The topological polar surface area (TPSA) is 282 Å². The van der Waals surface area contributed by atoms with Crippen LogP contribution in [0.3, 0.4) is 0 Å². The summed E-state index contributed by atoms with van der Waals surface area (Å²) in [5.41, 5.74) is 57.7. The van der Waals surface area contributed by atoms with Gasteiger partial charge in [-0.15, -0.1) is 0 Å². The molecular formula is C52H92N16O3+4. The van der Waals surface area contributed by atoms with Crippen molar-refractivity contribution in [1.29, 1.82) is 0 Å². The van der Waals surface area contributed by atoms with Crippen LogP contribution in [0.15, 0.2) is 72.8 Å². The van der Waals surface area contributed by atoms with Crippen molar-refractivity contribution in [2.45, 2.75) is 12.5 Å². The van der Waals surface area contributed by atoms with Gasteiger partial charge in [-0.2, -0.15) is 0 Å². The van der Waals surface area contributed by atoms with Crippen molar-refractivity contribution in [1.82, 2.24) is 0 Å². The molecule has 0 spiro atoms. The van der Waals surface area contributed by atoms with Gasteiger partial charge in [0.15, 0.2) is 0 Å². The molecule has 0 aromatic heterocycles. The van der Waals surface area contributed by atoms with E-state index in [1.54, 1.807) is 6.07 Å². The number of benzene rings is 4. The number of aliphatic hydroxyl groups is 3. The summed E-state index contributed by atoms with van der Waals surface area (Å²) in [7, 11) is 13.5. The van der Waals surface area contributed by atoms with Gasteiger partial charge in [-0.25, -0.2) is 0 Å².